The number of nitrogens with two attached hydrogens (primary N) is 1. The number of rotatable bonds is 17. The summed E-state index contributed by atoms with van der Waals surface area (Å²) >= 11 is 0. The predicted molar refractivity (Wildman–Crippen MR) is 383 cm³/mol. The lowest BCUT2D eigenvalue weighted by Gasteiger charge is -2.64. The summed E-state index contributed by atoms with van der Waals surface area (Å²) in [5, 5.41) is 66.2. The van der Waals surface area contributed by atoms with E-state index in [-0.39, 0.29) is 128 Å². The lowest BCUT2D eigenvalue weighted by Crippen LogP contribution is -2.60. The van der Waals surface area contributed by atoms with E-state index < -0.39 is 77.3 Å². The van der Waals surface area contributed by atoms with Gasteiger partial charge in [-0.15, -0.1) is 12.4 Å². The fraction of sp³-hybridized carbons (Fsp3) is 0.950. The van der Waals surface area contributed by atoms with Gasteiger partial charge in [0.05, 0.1) is 77.8 Å². The molecule has 8 N–H and O–H groups in total. The molecule has 580 valence electrons. The summed E-state index contributed by atoms with van der Waals surface area (Å²) in [6.45, 7) is 43.0. The van der Waals surface area contributed by atoms with Crippen molar-refractivity contribution in [1.29, 1.82) is 0 Å². The summed E-state index contributed by atoms with van der Waals surface area (Å²) in [6.07, 6.45) is 12.1. The van der Waals surface area contributed by atoms with Crippen molar-refractivity contribution in [2.24, 2.45) is 107 Å². The number of aldehydes is 2. The maximum absolute atomic E-state index is 12.6. The molecule has 10 saturated carbocycles. The molecule has 4 spiro atoms. The lowest BCUT2D eigenvalue weighted by atomic mass is 9.41. The first-order valence-corrected chi connectivity index (χ1v) is 38.9. The number of morpholine rings is 1. The molecule has 10 aliphatic carbocycles. The number of β-amino-alcohol motifs (C(OH)–C–C–N with tert-alkyl or cyclic N) is 1. The number of esters is 2. The van der Waals surface area contributed by atoms with Crippen LogP contribution in [0.25, 0.3) is 0 Å². The number of carbonyl (C=O) groups excluding carboxylic acids is 4. The van der Waals surface area contributed by atoms with Crippen LogP contribution in [0.2, 0.25) is 0 Å². The summed E-state index contributed by atoms with van der Waals surface area (Å²) in [4.78, 5) is 48.9. The highest BCUT2D eigenvalue weighted by Crippen LogP contribution is 2.91. The molecule has 13 aliphatic rings. The normalized spacial score (nSPS) is 46.8. The van der Waals surface area contributed by atoms with Crippen LogP contribution in [0.1, 0.15) is 241 Å². The molecule has 20 nitrogen and oxygen atoms in total. The van der Waals surface area contributed by atoms with Crippen LogP contribution in [-0.2, 0) is 57.1 Å². The summed E-state index contributed by atoms with van der Waals surface area (Å²) in [5.74, 6) is 1.78. The van der Waals surface area contributed by atoms with Crippen LogP contribution in [0.4, 0.5) is 0 Å². The molecule has 0 aromatic heterocycles. The highest BCUT2D eigenvalue weighted by molar-refractivity contribution is 5.85. The first kappa shape index (κ1) is 81.5. The Hall–Kier alpha value is -1.99. The number of hydrogen-bond donors (Lipinski definition) is 7. The Morgan fingerprint density at radius 1 is 0.604 bits per heavy atom. The van der Waals surface area contributed by atoms with Crippen molar-refractivity contribution in [3.8, 4) is 0 Å². The SMILES string of the molecule is CC(=O)O[C@@H](C1C[C@@H](C)C2C(O1)[C@H](O)[C@@]1(C)[C@@H]3CC[C@H]4C(C)(C)C(O[C@@H](C=O)OCC=O)CC[C@@]45CC35CC[C@]21C)C(C)(C)O.CC(=O)O[C@@H](C1C[C@@H](C)C2C(O1)[C@H](O)[C@@]1(C)[C@@H]3CC[C@H]4C(C)(C)C(O[C@H]5CN(CC(C)(C)O)CCO5)CC[C@@]45CC35CC[C@]21C)C(C)(C)O.CC(C)(O)CN.Cl. The minimum Gasteiger partial charge on any atom is -0.457 e. The van der Waals surface area contributed by atoms with Gasteiger partial charge in [0.2, 0.25) is 6.29 Å². The number of aliphatic hydroxyl groups is 6. The van der Waals surface area contributed by atoms with E-state index in [4.69, 9.17) is 48.7 Å². The van der Waals surface area contributed by atoms with Gasteiger partial charge in [0, 0.05) is 50.9 Å². The van der Waals surface area contributed by atoms with Crippen molar-refractivity contribution >= 4 is 36.9 Å². The summed E-state index contributed by atoms with van der Waals surface area (Å²) < 4.78 is 49.6. The highest BCUT2D eigenvalue weighted by atomic mass is 35.5. The Kier molecular flexibility index (Phi) is 22.2. The Balaban J connectivity index is 0.000000200. The number of ether oxygens (including phenoxy) is 8. The van der Waals surface area contributed by atoms with E-state index in [0.29, 0.717) is 75.3 Å². The van der Waals surface area contributed by atoms with Crippen LogP contribution in [-0.4, -0.2) is 195 Å². The summed E-state index contributed by atoms with van der Waals surface area (Å²) in [5.41, 5.74) is 0.991. The number of carbonyl (C=O) groups is 4. The van der Waals surface area contributed by atoms with Gasteiger partial charge in [0.15, 0.2) is 24.8 Å². The van der Waals surface area contributed by atoms with E-state index in [1.54, 1.807) is 41.5 Å². The third-order valence-electron chi connectivity index (χ3n) is 31.5. The fourth-order valence-electron chi connectivity index (χ4n) is 27.2. The van der Waals surface area contributed by atoms with Gasteiger partial charge in [0.1, 0.15) is 12.9 Å². The van der Waals surface area contributed by atoms with Gasteiger partial charge in [-0.3, -0.25) is 19.3 Å². The third-order valence-corrected chi connectivity index (χ3v) is 31.5. The summed E-state index contributed by atoms with van der Waals surface area (Å²) in [6, 6.07) is 0. The Morgan fingerprint density at radius 2 is 1.01 bits per heavy atom. The lowest BCUT2D eigenvalue weighted by molar-refractivity contribution is -0.250. The number of hydrogen-bond acceptors (Lipinski definition) is 20. The molecule has 0 bridgehead atoms. The van der Waals surface area contributed by atoms with Crippen LogP contribution in [0.3, 0.4) is 0 Å². The van der Waals surface area contributed by atoms with Crippen molar-refractivity contribution in [2.75, 3.05) is 39.4 Å². The molecule has 3 heterocycles. The maximum atomic E-state index is 12.6. The van der Waals surface area contributed by atoms with E-state index in [1.165, 1.54) is 39.5 Å². The van der Waals surface area contributed by atoms with Gasteiger partial charge >= 0.3 is 11.9 Å². The van der Waals surface area contributed by atoms with Crippen LogP contribution >= 0.6 is 12.4 Å². The zero-order valence-corrected chi connectivity index (χ0v) is 66.1. The smallest absolute Gasteiger partial charge is 0.303 e. The second-order valence-corrected chi connectivity index (χ2v) is 39.6. The van der Waals surface area contributed by atoms with Crippen molar-refractivity contribution in [1.82, 2.24) is 4.90 Å². The van der Waals surface area contributed by atoms with E-state index in [9.17, 15) is 44.7 Å². The molecular weight excluding hydrogens is 1310 g/mol. The molecule has 0 aromatic rings. The molecule has 13 fully saturated rings. The third kappa shape index (κ3) is 13.2. The van der Waals surface area contributed by atoms with Gasteiger partial charge < -0.3 is 79.1 Å². The average molecular weight is 1450 g/mol. The molecular formula is C80H135ClN2O18. The molecule has 101 heavy (non-hydrogen) atoms. The second kappa shape index (κ2) is 27.5. The van der Waals surface area contributed by atoms with Crippen molar-refractivity contribution in [3.63, 3.8) is 0 Å². The van der Waals surface area contributed by atoms with Crippen LogP contribution in [0, 0.1) is 101 Å². The average Bonchev–Trinajstić information content (AvgIpc) is 1.47. The zero-order chi connectivity index (χ0) is 73.9. The highest BCUT2D eigenvalue weighted by Gasteiger charge is 2.87. The van der Waals surface area contributed by atoms with Crippen LogP contribution in [0.5, 0.6) is 0 Å². The van der Waals surface area contributed by atoms with E-state index in [1.807, 2.05) is 13.8 Å². The number of aliphatic hydroxyl groups excluding tert-OH is 2. The molecule has 0 radical (unpaired) electrons. The predicted octanol–water partition coefficient (Wildman–Crippen LogP) is 10.1. The molecule has 3 aliphatic heterocycles. The minimum absolute atomic E-state index is 0. The quantitative estimate of drug-likeness (QED) is 0.0405. The van der Waals surface area contributed by atoms with Crippen molar-refractivity contribution in [2.45, 2.75) is 337 Å². The number of fused-ring (bicyclic) bond motifs is 8. The molecule has 21 heteroatoms. The standard InChI is InChI=1S/C40H67NO8.C36H56O9.C4H11NO.ClH/c1-23-19-25(33(36(7,8)45)47-24(2)42)48-31-30(23)37(9)15-16-40-21-39(40)14-13-28(49-29-20-41(17-18-46-29)22-34(3,4)44)35(5,6)26(39)11-12-27(40)38(37,10)32(31)43;1-20-17-22(30(32(5,6)41)43-21(2)39)44-28-27(20)33(7)13-14-36-19-35(36)12-11-25(45-26(18-38)42-16-15-37)31(3,4)23(35)9-10-24(36)34(33,8)29(28)40;1-4(2,6)3-5;/h23,25-33,43-45H,11-22H2,1-10H3;15,18,20,22-30,40-41H,9-14,16-17,19H2,1-8H3;6H,3,5H2,1-2H3;1H/t23-,25?,26+,27+,28?,29+,30?,31?,32+,33+,37-,38-,39-,40?;20-,22?,23+,24+,25?,26+,27?,28?,29+,30+,33-,34-,35-,36?;;/m11../s1. The fourth-order valence-corrected chi connectivity index (χ4v) is 27.2. The van der Waals surface area contributed by atoms with Gasteiger partial charge in [-0.25, -0.2) is 0 Å². The Morgan fingerprint density at radius 3 is 1.40 bits per heavy atom. The zero-order valence-electron chi connectivity index (χ0n) is 65.3. The molecule has 13 rings (SSSR count). The largest absolute Gasteiger partial charge is 0.457 e. The molecule has 10 unspecified atom stereocenters. The topological polar surface area (TPSA) is 293 Å². The minimum atomic E-state index is -1.28. The maximum Gasteiger partial charge on any atom is 0.303 e. The first-order chi connectivity index (χ1) is 46.1. The molecule has 0 amide bonds. The second-order valence-electron chi connectivity index (χ2n) is 39.6. The number of nitrogens with zero attached hydrogens (tertiary/aromatic N) is 1. The van der Waals surface area contributed by atoms with E-state index in [2.05, 4.69) is 74.1 Å². The van der Waals surface area contributed by atoms with E-state index in [0.717, 1.165) is 70.8 Å². The van der Waals surface area contributed by atoms with Gasteiger partial charge in [0.25, 0.3) is 0 Å². The van der Waals surface area contributed by atoms with Gasteiger partial charge in [-0.05, 0) is 249 Å². The monoisotopic (exact) mass is 1450 g/mol. The van der Waals surface area contributed by atoms with E-state index >= 15 is 0 Å². The van der Waals surface area contributed by atoms with Gasteiger partial charge in [-0.1, -0.05) is 69.2 Å². The van der Waals surface area contributed by atoms with Crippen molar-refractivity contribution < 1.29 is 87.7 Å². The van der Waals surface area contributed by atoms with Crippen LogP contribution in [0.15, 0.2) is 0 Å². The van der Waals surface area contributed by atoms with Crippen molar-refractivity contribution in [3.05, 3.63) is 0 Å². The molecule has 0 aromatic carbocycles. The summed E-state index contributed by atoms with van der Waals surface area (Å²) in [7, 11) is 0. The Bertz CT molecular complexity index is 3000. The first-order valence-electron chi connectivity index (χ1n) is 38.9. The van der Waals surface area contributed by atoms with Gasteiger partial charge in [-0.2, -0.15) is 0 Å². The van der Waals surface area contributed by atoms with Crippen LogP contribution < -0.4 is 5.73 Å². The molecule has 28 atom stereocenters. The number of halogens is 1. The Labute approximate surface area is 610 Å². The molecule has 3 saturated heterocycles.